The summed E-state index contributed by atoms with van der Waals surface area (Å²) in [5, 5.41) is 3.03. The molecular weight excluding hydrogens is 468 g/mol. The zero-order valence-electron chi connectivity index (χ0n) is 18.8. The van der Waals surface area contributed by atoms with E-state index in [0.29, 0.717) is 40.9 Å². The number of rotatable bonds is 8. The van der Waals surface area contributed by atoms with E-state index in [1.807, 2.05) is 0 Å². The predicted molar refractivity (Wildman–Crippen MR) is 128 cm³/mol. The monoisotopic (exact) mass is 494 g/mol. The third kappa shape index (κ3) is 5.79. The van der Waals surface area contributed by atoms with Crippen LogP contribution in [-0.2, 0) is 14.8 Å². The zero-order valence-corrected chi connectivity index (χ0v) is 20.3. The summed E-state index contributed by atoms with van der Waals surface area (Å²) in [6, 6.07) is 7.76. The predicted octanol–water partition coefficient (Wildman–Crippen LogP) is 4.19. The molecule has 1 saturated heterocycles. The fourth-order valence-electron chi connectivity index (χ4n) is 3.58. The number of hydrogen-bond donors (Lipinski definition) is 1. The number of hydrogen-bond acceptors (Lipinski definition) is 6. The third-order valence-corrected chi connectivity index (χ3v) is 7.44. The van der Waals surface area contributed by atoms with Crippen LogP contribution >= 0.6 is 11.6 Å². The smallest absolute Gasteiger partial charge is 0.248 e. The fraction of sp³-hybridized carbons (Fsp3) is 0.348. The molecule has 178 valence electrons. The largest absolute Gasteiger partial charge is 0.495 e. The third-order valence-electron chi connectivity index (χ3n) is 5.26. The normalized spacial score (nSPS) is 14.8. The molecule has 3 rings (SSSR count). The number of nitrogens with one attached hydrogen (secondary N) is 1. The maximum Gasteiger partial charge on any atom is 0.248 e. The molecule has 0 atom stereocenters. The highest BCUT2D eigenvalue weighted by Gasteiger charge is 2.26. The molecule has 1 amide bonds. The lowest BCUT2D eigenvalue weighted by molar-refractivity contribution is -0.111. The van der Waals surface area contributed by atoms with E-state index in [9.17, 15) is 13.2 Å². The molecular formula is C23H27ClN2O6S. The van der Waals surface area contributed by atoms with E-state index in [0.717, 1.165) is 19.3 Å². The van der Waals surface area contributed by atoms with Gasteiger partial charge in [0.15, 0.2) is 11.5 Å². The summed E-state index contributed by atoms with van der Waals surface area (Å²) in [5.41, 5.74) is 0.886. The summed E-state index contributed by atoms with van der Waals surface area (Å²) in [6.45, 7) is 0.985. The van der Waals surface area contributed by atoms with Gasteiger partial charge in [-0.05, 0) is 54.8 Å². The number of piperidine rings is 1. The van der Waals surface area contributed by atoms with Gasteiger partial charge in [-0.15, -0.1) is 0 Å². The van der Waals surface area contributed by atoms with Crippen molar-refractivity contribution in [1.82, 2.24) is 4.31 Å². The molecule has 0 saturated carbocycles. The Bertz CT molecular complexity index is 1140. The number of methoxy groups -OCH3 is 3. The van der Waals surface area contributed by atoms with E-state index < -0.39 is 15.9 Å². The molecule has 1 N–H and O–H groups in total. The van der Waals surface area contributed by atoms with Gasteiger partial charge in [-0.25, -0.2) is 8.42 Å². The van der Waals surface area contributed by atoms with Crippen LogP contribution < -0.4 is 19.5 Å². The molecule has 0 spiro atoms. The second-order valence-corrected chi connectivity index (χ2v) is 9.73. The SMILES string of the molecule is COc1ccc(S(=O)(=O)N2CCCCC2)cc1NC(=O)C=Cc1cc(Cl)c(OC)c(OC)c1. The zero-order chi connectivity index (χ0) is 24.0. The van der Waals surface area contributed by atoms with Crippen LogP contribution in [0.25, 0.3) is 6.08 Å². The Labute approximate surface area is 199 Å². The lowest BCUT2D eigenvalue weighted by Crippen LogP contribution is -2.35. The van der Waals surface area contributed by atoms with Crippen LogP contribution in [0.1, 0.15) is 24.8 Å². The number of anilines is 1. The Morgan fingerprint density at radius 2 is 1.70 bits per heavy atom. The molecule has 0 radical (unpaired) electrons. The van der Waals surface area contributed by atoms with Gasteiger partial charge in [-0.2, -0.15) is 4.31 Å². The van der Waals surface area contributed by atoms with Crippen LogP contribution in [0.4, 0.5) is 5.69 Å². The number of nitrogens with zero attached hydrogens (tertiary/aromatic N) is 1. The maximum atomic E-state index is 13.0. The first kappa shape index (κ1) is 24.9. The first-order chi connectivity index (χ1) is 15.8. The van der Waals surface area contributed by atoms with Crippen molar-refractivity contribution >= 4 is 39.3 Å². The van der Waals surface area contributed by atoms with E-state index >= 15 is 0 Å². The Hall–Kier alpha value is -2.75. The van der Waals surface area contributed by atoms with E-state index in [1.165, 1.54) is 49.9 Å². The minimum Gasteiger partial charge on any atom is -0.495 e. The number of ether oxygens (including phenoxy) is 3. The summed E-state index contributed by atoms with van der Waals surface area (Å²) in [7, 11) is 0.775. The van der Waals surface area contributed by atoms with Crippen molar-refractivity contribution in [2.75, 3.05) is 39.7 Å². The molecule has 1 fully saturated rings. The van der Waals surface area contributed by atoms with Gasteiger partial charge < -0.3 is 19.5 Å². The first-order valence-corrected chi connectivity index (χ1v) is 12.2. The van der Waals surface area contributed by atoms with Gasteiger partial charge in [0.1, 0.15) is 5.75 Å². The molecule has 0 bridgehead atoms. The van der Waals surface area contributed by atoms with Crippen LogP contribution in [0, 0.1) is 0 Å². The molecule has 2 aromatic carbocycles. The summed E-state index contributed by atoms with van der Waals surface area (Å²) < 4.78 is 43.3. The Kier molecular flexibility index (Phi) is 8.23. The Morgan fingerprint density at radius 1 is 1.00 bits per heavy atom. The molecule has 8 nitrogen and oxygen atoms in total. The number of carbonyl (C=O) groups excluding carboxylic acids is 1. The molecule has 1 aliphatic rings. The van der Waals surface area contributed by atoms with Crippen molar-refractivity contribution in [1.29, 1.82) is 0 Å². The Morgan fingerprint density at radius 3 is 2.33 bits per heavy atom. The number of sulfonamides is 1. The average Bonchev–Trinajstić information content (AvgIpc) is 2.82. The van der Waals surface area contributed by atoms with Crippen molar-refractivity contribution in [3.05, 3.63) is 47.0 Å². The van der Waals surface area contributed by atoms with E-state index in [2.05, 4.69) is 5.32 Å². The summed E-state index contributed by atoms with van der Waals surface area (Å²) in [4.78, 5) is 12.7. The summed E-state index contributed by atoms with van der Waals surface area (Å²) in [6.07, 6.45) is 5.56. The number of carbonyl (C=O) groups is 1. The molecule has 33 heavy (non-hydrogen) atoms. The van der Waals surface area contributed by atoms with Crippen molar-refractivity contribution in [3.8, 4) is 17.2 Å². The van der Waals surface area contributed by atoms with Crippen molar-refractivity contribution in [2.24, 2.45) is 0 Å². The van der Waals surface area contributed by atoms with E-state index in [-0.39, 0.29) is 10.6 Å². The van der Waals surface area contributed by atoms with Gasteiger partial charge >= 0.3 is 0 Å². The van der Waals surface area contributed by atoms with Crippen molar-refractivity contribution in [2.45, 2.75) is 24.2 Å². The fourth-order valence-corrected chi connectivity index (χ4v) is 5.42. The second-order valence-electron chi connectivity index (χ2n) is 7.39. The number of halogens is 1. The molecule has 0 aliphatic carbocycles. The lowest BCUT2D eigenvalue weighted by atomic mass is 10.2. The molecule has 1 aliphatic heterocycles. The molecule has 0 aromatic heterocycles. The quantitative estimate of drug-likeness (QED) is 0.553. The van der Waals surface area contributed by atoms with Gasteiger partial charge in [-0.1, -0.05) is 18.0 Å². The lowest BCUT2D eigenvalue weighted by Gasteiger charge is -2.26. The van der Waals surface area contributed by atoms with Crippen LogP contribution in [0.5, 0.6) is 17.2 Å². The highest BCUT2D eigenvalue weighted by atomic mass is 35.5. The number of amides is 1. The summed E-state index contributed by atoms with van der Waals surface area (Å²) in [5.74, 6) is 0.717. The van der Waals surface area contributed by atoms with E-state index in [4.69, 9.17) is 25.8 Å². The van der Waals surface area contributed by atoms with Gasteiger partial charge in [0.2, 0.25) is 15.9 Å². The first-order valence-electron chi connectivity index (χ1n) is 10.4. The minimum absolute atomic E-state index is 0.108. The van der Waals surface area contributed by atoms with E-state index in [1.54, 1.807) is 18.2 Å². The Balaban J connectivity index is 1.82. The topological polar surface area (TPSA) is 94.2 Å². The minimum atomic E-state index is -3.65. The van der Waals surface area contributed by atoms with Gasteiger partial charge in [-0.3, -0.25) is 4.79 Å². The van der Waals surface area contributed by atoms with Crippen molar-refractivity contribution < 1.29 is 27.4 Å². The molecule has 1 heterocycles. The average molecular weight is 495 g/mol. The standard InChI is InChI=1S/C23H27ClN2O6S/c1-30-20-9-8-17(33(28,29)26-11-5-4-6-12-26)15-19(20)25-22(27)10-7-16-13-18(24)23(32-3)21(14-16)31-2/h7-10,13-15H,4-6,11-12H2,1-3H3,(H,25,27). The van der Waals surface area contributed by atoms with Crippen LogP contribution in [0.2, 0.25) is 5.02 Å². The van der Waals surface area contributed by atoms with Gasteiger partial charge in [0.05, 0.1) is 36.9 Å². The second kappa shape index (κ2) is 10.9. The van der Waals surface area contributed by atoms with Crippen molar-refractivity contribution in [3.63, 3.8) is 0 Å². The molecule has 10 heteroatoms. The summed E-state index contributed by atoms with van der Waals surface area (Å²) >= 11 is 6.21. The molecule has 0 unspecified atom stereocenters. The number of benzene rings is 2. The molecule has 2 aromatic rings. The van der Waals surface area contributed by atoms with Crippen LogP contribution in [0.3, 0.4) is 0 Å². The van der Waals surface area contributed by atoms with Gasteiger partial charge in [0, 0.05) is 19.2 Å². The highest BCUT2D eigenvalue weighted by molar-refractivity contribution is 7.89. The maximum absolute atomic E-state index is 13.0. The van der Waals surface area contributed by atoms with Crippen LogP contribution in [-0.4, -0.2) is 53.0 Å². The van der Waals surface area contributed by atoms with Crippen LogP contribution in [0.15, 0.2) is 41.3 Å². The highest BCUT2D eigenvalue weighted by Crippen LogP contribution is 2.36. The van der Waals surface area contributed by atoms with Gasteiger partial charge in [0.25, 0.3) is 0 Å².